The number of benzene rings is 4. The molecule has 0 bridgehead atoms. The molecule has 1 fully saturated rings. The van der Waals surface area contributed by atoms with Crippen LogP contribution in [-0.4, -0.2) is 34.3 Å². The van der Waals surface area contributed by atoms with Gasteiger partial charge >= 0.3 is 0 Å². The first-order valence-electron chi connectivity index (χ1n) is 11.3. The molecule has 0 aromatic heterocycles. The van der Waals surface area contributed by atoms with Crippen LogP contribution in [-0.2, 0) is 4.79 Å². The zero-order chi connectivity index (χ0) is 25.8. The lowest BCUT2D eigenvalue weighted by atomic mass is 10.1. The summed E-state index contributed by atoms with van der Waals surface area (Å²) in [4.78, 5) is 26.6. The second kappa shape index (κ2) is 10.9. The van der Waals surface area contributed by atoms with Crippen LogP contribution in [0, 0.1) is 0 Å². The highest BCUT2D eigenvalue weighted by Gasteiger charge is 2.35. The van der Waals surface area contributed by atoms with Crippen LogP contribution < -0.4 is 4.74 Å². The average Bonchev–Trinajstić information content (AvgIpc) is 3.17. The highest BCUT2D eigenvalue weighted by Crippen LogP contribution is 2.35. The third-order valence-corrected chi connectivity index (χ3v) is 6.77. The van der Waals surface area contributed by atoms with Crippen molar-refractivity contribution < 1.29 is 19.4 Å². The highest BCUT2D eigenvalue weighted by atomic mass is 35.5. The first-order chi connectivity index (χ1) is 18.0. The van der Waals surface area contributed by atoms with Gasteiger partial charge < -0.3 is 9.84 Å². The molecular formula is C28H20ClN3O4S. The molecule has 0 radical (unpaired) electrons. The molecular weight excluding hydrogens is 510 g/mol. The molecule has 7 nitrogen and oxygen atoms in total. The Morgan fingerprint density at radius 1 is 0.946 bits per heavy atom. The van der Waals surface area contributed by atoms with Crippen LogP contribution in [0.25, 0.3) is 16.8 Å². The van der Waals surface area contributed by atoms with Gasteiger partial charge in [0.1, 0.15) is 18.1 Å². The van der Waals surface area contributed by atoms with E-state index in [-0.39, 0.29) is 23.8 Å². The van der Waals surface area contributed by atoms with E-state index in [4.69, 9.17) is 16.3 Å². The van der Waals surface area contributed by atoms with Gasteiger partial charge in [-0.1, -0.05) is 48.0 Å². The maximum absolute atomic E-state index is 12.9. The van der Waals surface area contributed by atoms with E-state index in [0.717, 1.165) is 33.1 Å². The van der Waals surface area contributed by atoms with Crippen LogP contribution in [0.5, 0.6) is 11.5 Å². The van der Waals surface area contributed by atoms with E-state index in [1.165, 1.54) is 12.1 Å². The number of imide groups is 1. The normalized spacial score (nSPS) is 14.8. The minimum Gasteiger partial charge on any atom is -0.507 e. The Kier molecular flexibility index (Phi) is 7.20. The van der Waals surface area contributed by atoms with Crippen LogP contribution in [0.1, 0.15) is 5.56 Å². The molecule has 0 atom stereocenters. The number of fused-ring (bicyclic) bond motifs is 1. The summed E-state index contributed by atoms with van der Waals surface area (Å²) in [7, 11) is 0. The molecule has 1 aliphatic rings. The van der Waals surface area contributed by atoms with E-state index < -0.39 is 11.1 Å². The summed E-state index contributed by atoms with van der Waals surface area (Å²) in [6.45, 7) is 0.234. The third-order valence-electron chi connectivity index (χ3n) is 5.61. The minimum absolute atomic E-state index is 0.0398. The van der Waals surface area contributed by atoms with E-state index in [1.54, 1.807) is 36.4 Å². The maximum Gasteiger partial charge on any atom is 0.293 e. The van der Waals surface area contributed by atoms with Crippen molar-refractivity contribution in [2.24, 2.45) is 10.2 Å². The molecule has 0 unspecified atom stereocenters. The fraction of sp³-hybridized carbons (Fsp3) is 0.0714. The van der Waals surface area contributed by atoms with E-state index >= 15 is 0 Å². The van der Waals surface area contributed by atoms with Crippen molar-refractivity contribution in [1.29, 1.82) is 0 Å². The number of ether oxygens (including phenoxy) is 1. The van der Waals surface area contributed by atoms with Crippen molar-refractivity contribution in [3.8, 4) is 11.5 Å². The average molecular weight is 530 g/mol. The predicted molar refractivity (Wildman–Crippen MR) is 146 cm³/mol. The molecule has 2 amide bonds. The Labute approximate surface area is 222 Å². The molecule has 0 saturated carbocycles. The van der Waals surface area contributed by atoms with Crippen molar-refractivity contribution in [1.82, 2.24) is 4.90 Å². The fourth-order valence-electron chi connectivity index (χ4n) is 3.75. The van der Waals surface area contributed by atoms with Gasteiger partial charge in [-0.15, -0.1) is 5.11 Å². The molecule has 1 N–H and O–H groups in total. The van der Waals surface area contributed by atoms with Crippen molar-refractivity contribution in [3.63, 3.8) is 0 Å². The van der Waals surface area contributed by atoms with Crippen molar-refractivity contribution in [2.75, 3.05) is 13.2 Å². The molecule has 1 aliphatic heterocycles. The molecule has 0 aliphatic carbocycles. The second-order valence-corrected chi connectivity index (χ2v) is 9.51. The molecule has 4 aromatic carbocycles. The number of thioether (sulfide) groups is 1. The summed E-state index contributed by atoms with van der Waals surface area (Å²) in [5, 5.41) is 21.3. The Bertz CT molecular complexity index is 1550. The summed E-state index contributed by atoms with van der Waals surface area (Å²) in [5.74, 6) is 0.102. The lowest BCUT2D eigenvalue weighted by Crippen LogP contribution is -2.32. The van der Waals surface area contributed by atoms with Gasteiger partial charge in [0, 0.05) is 16.0 Å². The van der Waals surface area contributed by atoms with Crippen molar-refractivity contribution >= 4 is 62.7 Å². The first-order valence-corrected chi connectivity index (χ1v) is 12.5. The van der Waals surface area contributed by atoms with Gasteiger partial charge in [0.05, 0.1) is 22.8 Å². The van der Waals surface area contributed by atoms with Crippen molar-refractivity contribution in [2.45, 2.75) is 0 Å². The number of hydrogen-bond donors (Lipinski definition) is 1. The molecule has 184 valence electrons. The van der Waals surface area contributed by atoms with Crippen LogP contribution in [0.3, 0.4) is 0 Å². The minimum atomic E-state index is -0.447. The van der Waals surface area contributed by atoms with E-state index in [1.807, 2.05) is 42.5 Å². The Morgan fingerprint density at radius 2 is 1.73 bits per heavy atom. The van der Waals surface area contributed by atoms with Crippen molar-refractivity contribution in [3.05, 3.63) is 100 Å². The number of carbonyl (C=O) groups is 2. The monoisotopic (exact) mass is 529 g/mol. The number of rotatable bonds is 7. The zero-order valence-electron chi connectivity index (χ0n) is 19.4. The molecule has 5 rings (SSSR count). The molecule has 4 aromatic rings. The van der Waals surface area contributed by atoms with Gasteiger partial charge in [0.25, 0.3) is 11.1 Å². The summed E-state index contributed by atoms with van der Waals surface area (Å²) in [6, 6.07) is 25.2. The summed E-state index contributed by atoms with van der Waals surface area (Å²) >= 11 is 6.68. The van der Waals surface area contributed by atoms with Crippen LogP contribution in [0.4, 0.5) is 16.2 Å². The van der Waals surface area contributed by atoms with Gasteiger partial charge in [-0.3, -0.25) is 14.5 Å². The molecule has 37 heavy (non-hydrogen) atoms. The van der Waals surface area contributed by atoms with E-state index in [0.29, 0.717) is 22.0 Å². The molecule has 1 heterocycles. The standard InChI is InChI=1S/C28H20ClN3O4S/c29-20-8-11-22(12-9-20)36-15-14-32-27(34)26(37-28(32)35)17-19-16-21(10-13-25(19)33)30-31-24-7-3-5-18-4-1-2-6-23(18)24/h1-13,16-17,33H,14-15H2/b26-17-,31-30?. The Balaban J connectivity index is 1.30. The lowest BCUT2D eigenvalue weighted by Gasteiger charge is -2.13. The fourth-order valence-corrected chi connectivity index (χ4v) is 4.73. The SMILES string of the molecule is O=C1S/C(=C\c2cc(N=Nc3cccc4ccccc34)ccc2O)C(=O)N1CCOc1ccc(Cl)cc1. The number of amides is 2. The number of phenolic OH excluding ortho intramolecular Hbond substituents is 1. The smallest absolute Gasteiger partial charge is 0.293 e. The van der Waals surface area contributed by atoms with E-state index in [2.05, 4.69) is 10.2 Å². The number of hydrogen-bond acceptors (Lipinski definition) is 7. The second-order valence-electron chi connectivity index (χ2n) is 8.08. The van der Waals surface area contributed by atoms with Crippen LogP contribution in [0.15, 0.2) is 100 Å². The Morgan fingerprint density at radius 3 is 2.57 bits per heavy atom. The third kappa shape index (κ3) is 5.66. The zero-order valence-corrected chi connectivity index (χ0v) is 20.9. The predicted octanol–water partition coefficient (Wildman–Crippen LogP) is 7.73. The summed E-state index contributed by atoms with van der Waals surface area (Å²) in [6.07, 6.45) is 1.48. The number of aromatic hydroxyl groups is 1. The number of phenols is 1. The topological polar surface area (TPSA) is 91.6 Å². The van der Waals surface area contributed by atoms with E-state index in [9.17, 15) is 14.7 Å². The molecule has 1 saturated heterocycles. The number of nitrogens with zero attached hydrogens (tertiary/aromatic N) is 3. The number of carbonyl (C=O) groups excluding carboxylic acids is 2. The number of halogens is 1. The summed E-state index contributed by atoms with van der Waals surface area (Å²) < 4.78 is 5.60. The Hall–Kier alpha value is -4.14. The quantitative estimate of drug-likeness (QED) is 0.195. The maximum atomic E-state index is 12.9. The van der Waals surface area contributed by atoms with Gasteiger partial charge in [0.15, 0.2) is 0 Å². The highest BCUT2D eigenvalue weighted by molar-refractivity contribution is 8.18. The first kappa shape index (κ1) is 24.5. The van der Waals surface area contributed by atoms with Gasteiger partial charge in [-0.05, 0) is 71.8 Å². The van der Waals surface area contributed by atoms with Crippen LogP contribution in [0.2, 0.25) is 5.02 Å². The van der Waals surface area contributed by atoms with Gasteiger partial charge in [-0.2, -0.15) is 5.11 Å². The molecule has 0 spiro atoms. The summed E-state index contributed by atoms with van der Waals surface area (Å²) in [5.41, 5.74) is 1.57. The number of azo groups is 1. The largest absolute Gasteiger partial charge is 0.507 e. The van der Waals surface area contributed by atoms with Gasteiger partial charge in [0.2, 0.25) is 0 Å². The lowest BCUT2D eigenvalue weighted by molar-refractivity contribution is -0.123. The molecule has 9 heteroatoms. The van der Waals surface area contributed by atoms with Crippen LogP contribution >= 0.6 is 23.4 Å². The van der Waals surface area contributed by atoms with Gasteiger partial charge in [-0.25, -0.2) is 0 Å².